The second-order valence-corrected chi connectivity index (χ2v) is 6.21. The molecule has 2 heterocycles. The van der Waals surface area contributed by atoms with Crippen molar-refractivity contribution in [3.8, 4) is 0 Å². The van der Waals surface area contributed by atoms with Crippen molar-refractivity contribution in [1.29, 1.82) is 0 Å². The van der Waals surface area contributed by atoms with Crippen LogP contribution in [0.15, 0.2) is 0 Å². The first-order valence-electron chi connectivity index (χ1n) is 7.12. The molecule has 0 saturated carbocycles. The third-order valence-electron chi connectivity index (χ3n) is 4.97. The molecule has 0 aromatic carbocycles. The lowest BCUT2D eigenvalue weighted by Gasteiger charge is -2.37. The fourth-order valence-corrected chi connectivity index (χ4v) is 3.40. The highest BCUT2D eigenvalue weighted by molar-refractivity contribution is 5.04. The highest BCUT2D eigenvalue weighted by Gasteiger charge is 2.69. The van der Waals surface area contributed by atoms with Crippen molar-refractivity contribution in [1.82, 2.24) is 4.90 Å². The second-order valence-electron chi connectivity index (χ2n) is 6.21. The van der Waals surface area contributed by atoms with Crippen LogP contribution in [0.1, 0.15) is 32.6 Å². The van der Waals surface area contributed by atoms with Gasteiger partial charge in [0.1, 0.15) is 0 Å². The predicted molar refractivity (Wildman–Crippen MR) is 65.2 cm³/mol. The van der Waals surface area contributed by atoms with E-state index in [9.17, 15) is 31.4 Å². The molecule has 0 spiro atoms. The molecule has 9 heteroatoms. The lowest BCUT2D eigenvalue weighted by Crippen LogP contribution is -2.58. The topological polar surface area (TPSA) is 32.7 Å². The quantitative estimate of drug-likeness (QED) is 0.802. The lowest BCUT2D eigenvalue weighted by molar-refractivity contribution is -0.375. The van der Waals surface area contributed by atoms with Gasteiger partial charge in [-0.05, 0) is 39.2 Å². The highest BCUT2D eigenvalue weighted by Crippen LogP contribution is 2.47. The van der Waals surface area contributed by atoms with Crippen molar-refractivity contribution >= 4 is 0 Å². The molecule has 0 unspecified atom stereocenters. The summed E-state index contributed by atoms with van der Waals surface area (Å²) in [5.74, 6) is 0. The summed E-state index contributed by atoms with van der Waals surface area (Å²) in [5, 5.41) is 9.49. The van der Waals surface area contributed by atoms with E-state index in [1.54, 1.807) is 4.90 Å². The van der Waals surface area contributed by atoms with Crippen molar-refractivity contribution in [3.05, 3.63) is 0 Å². The minimum absolute atomic E-state index is 0.0191. The van der Waals surface area contributed by atoms with Crippen LogP contribution in [-0.2, 0) is 4.74 Å². The zero-order chi connectivity index (χ0) is 16.8. The Kier molecular flexibility index (Phi) is 4.47. The van der Waals surface area contributed by atoms with Crippen LogP contribution in [0.5, 0.6) is 0 Å². The zero-order valence-electron chi connectivity index (χ0n) is 12.1. The van der Waals surface area contributed by atoms with Crippen molar-refractivity contribution in [2.45, 2.75) is 62.1 Å². The Hall–Kier alpha value is -0.540. The van der Waals surface area contributed by atoms with E-state index in [1.165, 1.54) is 0 Å². The summed E-state index contributed by atoms with van der Waals surface area (Å²) < 4.78 is 81.1. The van der Waals surface area contributed by atoms with Crippen LogP contribution >= 0.6 is 0 Å². The Labute approximate surface area is 124 Å². The molecular formula is C13H19F6NO2. The summed E-state index contributed by atoms with van der Waals surface area (Å²) in [6, 6.07) is -0.529. The van der Waals surface area contributed by atoms with Gasteiger partial charge >= 0.3 is 12.4 Å². The monoisotopic (exact) mass is 335 g/mol. The first-order valence-corrected chi connectivity index (χ1v) is 7.12. The Balaban J connectivity index is 2.09. The van der Waals surface area contributed by atoms with Gasteiger partial charge in [-0.1, -0.05) is 0 Å². The number of alkyl halides is 6. The molecular weight excluding hydrogens is 316 g/mol. The molecule has 1 N–H and O–H groups in total. The molecule has 2 atom stereocenters. The molecule has 2 saturated heterocycles. The summed E-state index contributed by atoms with van der Waals surface area (Å²) in [4.78, 5) is 1.81. The van der Waals surface area contributed by atoms with Crippen LogP contribution in [0.3, 0.4) is 0 Å². The molecule has 2 aliphatic rings. The number of aliphatic hydroxyl groups is 1. The summed E-state index contributed by atoms with van der Waals surface area (Å²) in [7, 11) is 0. The van der Waals surface area contributed by atoms with Crippen LogP contribution in [0.4, 0.5) is 26.3 Å². The molecule has 0 amide bonds. The van der Waals surface area contributed by atoms with Gasteiger partial charge in [0, 0.05) is 11.6 Å². The second kappa shape index (κ2) is 5.52. The van der Waals surface area contributed by atoms with Gasteiger partial charge in [-0.15, -0.1) is 0 Å². The number of aliphatic hydroxyl groups excluding tert-OH is 1. The van der Waals surface area contributed by atoms with Gasteiger partial charge in [0.25, 0.3) is 5.60 Å². The van der Waals surface area contributed by atoms with Gasteiger partial charge in [-0.2, -0.15) is 26.3 Å². The van der Waals surface area contributed by atoms with Gasteiger partial charge in [-0.3, -0.25) is 4.90 Å². The third-order valence-corrected chi connectivity index (χ3v) is 4.97. The minimum Gasteiger partial charge on any atom is -0.394 e. The molecule has 0 aromatic heterocycles. The Morgan fingerprint density at radius 1 is 1.14 bits per heavy atom. The van der Waals surface area contributed by atoms with Crippen LogP contribution in [0.25, 0.3) is 0 Å². The average Bonchev–Trinajstić information content (AvgIpc) is 2.92. The standard InChI is InChI=1S/C13H19F6NO2/c1-10(12(14,15)16,13(17,18)19)22-7-9-3-5-11(8-21)4-2-6-20(9)11/h9,21H,2-8H2,1H3/t9-,11-/m0/s1. The van der Waals surface area contributed by atoms with E-state index in [2.05, 4.69) is 4.74 Å². The first-order chi connectivity index (χ1) is 9.97. The van der Waals surface area contributed by atoms with E-state index < -0.39 is 36.1 Å². The van der Waals surface area contributed by atoms with Gasteiger partial charge in [-0.25, -0.2) is 0 Å². The molecule has 0 aliphatic carbocycles. The summed E-state index contributed by atoms with van der Waals surface area (Å²) >= 11 is 0. The average molecular weight is 335 g/mol. The van der Waals surface area contributed by atoms with E-state index in [1.807, 2.05) is 0 Å². The third kappa shape index (κ3) is 2.71. The van der Waals surface area contributed by atoms with Crippen LogP contribution in [-0.4, -0.2) is 59.3 Å². The normalized spacial score (nSPS) is 30.8. The molecule has 22 heavy (non-hydrogen) atoms. The Morgan fingerprint density at radius 3 is 2.23 bits per heavy atom. The summed E-state index contributed by atoms with van der Waals surface area (Å²) in [5.41, 5.74) is -4.68. The SMILES string of the molecule is CC(OC[C@@H]1CC[C@]2(CO)CCCN12)(C(F)(F)F)C(F)(F)F. The fraction of sp³-hybridized carbons (Fsp3) is 1.00. The first kappa shape index (κ1) is 17.8. The maximum absolute atomic E-state index is 12.8. The number of ether oxygens (including phenoxy) is 1. The summed E-state index contributed by atoms with van der Waals surface area (Å²) in [6.45, 7) is -0.217. The van der Waals surface area contributed by atoms with Crippen LogP contribution < -0.4 is 0 Å². The number of fused-ring (bicyclic) bond motifs is 1. The van der Waals surface area contributed by atoms with Gasteiger partial charge in [0.05, 0.1) is 13.2 Å². The van der Waals surface area contributed by atoms with Crippen molar-refractivity contribution < 1.29 is 36.2 Å². The summed E-state index contributed by atoms with van der Waals surface area (Å²) in [6.07, 6.45) is -8.62. The maximum Gasteiger partial charge on any atom is 0.426 e. The molecule has 0 radical (unpaired) electrons. The molecule has 2 aliphatic heterocycles. The van der Waals surface area contributed by atoms with Gasteiger partial charge < -0.3 is 9.84 Å². The maximum atomic E-state index is 12.8. The fourth-order valence-electron chi connectivity index (χ4n) is 3.40. The highest BCUT2D eigenvalue weighted by atomic mass is 19.4. The molecule has 0 aromatic rings. The molecule has 2 fully saturated rings. The van der Waals surface area contributed by atoms with Crippen LogP contribution in [0, 0.1) is 0 Å². The molecule has 130 valence electrons. The van der Waals surface area contributed by atoms with Gasteiger partial charge in [0.2, 0.25) is 0 Å². The number of halogens is 6. The molecule has 2 rings (SSSR count). The predicted octanol–water partition coefficient (Wildman–Crippen LogP) is 2.88. The van der Waals surface area contributed by atoms with E-state index in [-0.39, 0.29) is 13.5 Å². The Bertz CT molecular complexity index is 396. The Morgan fingerprint density at radius 2 is 1.73 bits per heavy atom. The van der Waals surface area contributed by atoms with E-state index >= 15 is 0 Å². The lowest BCUT2D eigenvalue weighted by atomic mass is 9.95. The largest absolute Gasteiger partial charge is 0.426 e. The van der Waals surface area contributed by atoms with Crippen LogP contribution in [0.2, 0.25) is 0 Å². The van der Waals surface area contributed by atoms with Crippen molar-refractivity contribution in [2.24, 2.45) is 0 Å². The van der Waals surface area contributed by atoms with E-state index in [0.717, 1.165) is 6.42 Å². The molecule has 3 nitrogen and oxygen atoms in total. The van der Waals surface area contributed by atoms with Crippen molar-refractivity contribution in [3.63, 3.8) is 0 Å². The van der Waals surface area contributed by atoms with Crippen molar-refractivity contribution in [2.75, 3.05) is 19.8 Å². The zero-order valence-corrected chi connectivity index (χ0v) is 12.1. The van der Waals surface area contributed by atoms with Gasteiger partial charge in [0.15, 0.2) is 0 Å². The minimum atomic E-state index is -5.54. The van der Waals surface area contributed by atoms with E-state index in [0.29, 0.717) is 25.8 Å². The number of nitrogens with zero attached hydrogens (tertiary/aromatic N) is 1. The number of hydrogen-bond donors (Lipinski definition) is 1. The van der Waals surface area contributed by atoms with E-state index in [4.69, 9.17) is 0 Å². The number of rotatable bonds is 4. The number of hydrogen-bond acceptors (Lipinski definition) is 3. The smallest absolute Gasteiger partial charge is 0.394 e. The molecule has 0 bridgehead atoms.